The van der Waals surface area contributed by atoms with E-state index in [-0.39, 0.29) is 5.91 Å². The Kier molecular flexibility index (Phi) is 6.54. The molecule has 0 aliphatic carbocycles. The van der Waals surface area contributed by atoms with Gasteiger partial charge in [-0.25, -0.2) is 0 Å². The molecule has 0 unspecified atom stereocenters. The molecule has 3 rings (SSSR count). The Morgan fingerprint density at radius 2 is 1.88 bits per heavy atom. The predicted molar refractivity (Wildman–Crippen MR) is 105 cm³/mol. The number of amides is 1. The van der Waals surface area contributed by atoms with Gasteiger partial charge in [-0.15, -0.1) is 11.8 Å². The summed E-state index contributed by atoms with van der Waals surface area (Å²) in [6.07, 6.45) is 2.07. The summed E-state index contributed by atoms with van der Waals surface area (Å²) >= 11 is 1.60. The number of carbonyl (C=O) groups is 1. The van der Waals surface area contributed by atoms with E-state index in [2.05, 4.69) is 41.4 Å². The zero-order valence-corrected chi connectivity index (χ0v) is 15.6. The fraction of sp³-hybridized carbons (Fsp3) is 0.381. The van der Waals surface area contributed by atoms with Crippen LogP contribution in [0.3, 0.4) is 0 Å². The molecule has 0 atom stereocenters. The minimum atomic E-state index is 0.144. The number of likely N-dealkylation sites (tertiary alicyclic amines) is 1. The van der Waals surface area contributed by atoms with Crippen molar-refractivity contribution in [3.63, 3.8) is 0 Å². The molecule has 0 aromatic heterocycles. The van der Waals surface area contributed by atoms with Gasteiger partial charge in [-0.3, -0.25) is 9.69 Å². The van der Waals surface area contributed by atoms with Crippen LogP contribution in [0.1, 0.15) is 24.0 Å². The second-order valence-corrected chi connectivity index (χ2v) is 7.76. The number of nitrogens with zero attached hydrogens (tertiary/aromatic N) is 1. The molecule has 2 aromatic carbocycles. The fourth-order valence-corrected chi connectivity index (χ4v) is 3.97. The SMILES string of the molecule is Cc1cccc(CN2CCC(NC(=O)CSc3ccccc3)CC2)c1. The van der Waals surface area contributed by atoms with Gasteiger partial charge in [-0.1, -0.05) is 48.0 Å². The number of benzene rings is 2. The van der Waals surface area contributed by atoms with Crippen LogP contribution in [0.15, 0.2) is 59.5 Å². The number of rotatable bonds is 6. The summed E-state index contributed by atoms with van der Waals surface area (Å²) in [6, 6.07) is 19.1. The lowest BCUT2D eigenvalue weighted by Gasteiger charge is -2.32. The quantitative estimate of drug-likeness (QED) is 0.799. The van der Waals surface area contributed by atoms with Gasteiger partial charge in [0.05, 0.1) is 5.75 Å². The molecular formula is C21H26N2OS. The Morgan fingerprint density at radius 3 is 2.60 bits per heavy atom. The van der Waals surface area contributed by atoms with E-state index in [1.165, 1.54) is 11.1 Å². The van der Waals surface area contributed by atoms with Crippen LogP contribution >= 0.6 is 11.8 Å². The number of hydrogen-bond acceptors (Lipinski definition) is 3. The molecule has 25 heavy (non-hydrogen) atoms. The summed E-state index contributed by atoms with van der Waals surface area (Å²) in [5, 5.41) is 3.20. The number of piperidine rings is 1. The van der Waals surface area contributed by atoms with E-state index >= 15 is 0 Å². The lowest BCUT2D eigenvalue weighted by molar-refractivity contribution is -0.119. The van der Waals surface area contributed by atoms with Gasteiger partial charge >= 0.3 is 0 Å². The average Bonchev–Trinajstić information content (AvgIpc) is 2.63. The highest BCUT2D eigenvalue weighted by Crippen LogP contribution is 2.18. The van der Waals surface area contributed by atoms with Crippen LogP contribution < -0.4 is 5.32 Å². The summed E-state index contributed by atoms with van der Waals surface area (Å²) in [5.74, 6) is 0.638. The van der Waals surface area contributed by atoms with Crippen LogP contribution in [0.4, 0.5) is 0 Å². The monoisotopic (exact) mass is 354 g/mol. The van der Waals surface area contributed by atoms with Gasteiger partial charge in [0.2, 0.25) is 5.91 Å². The molecule has 1 N–H and O–H groups in total. The van der Waals surface area contributed by atoms with Crippen molar-refractivity contribution in [3.05, 3.63) is 65.7 Å². The number of aryl methyl sites for hydroxylation is 1. The second kappa shape index (κ2) is 9.07. The van der Waals surface area contributed by atoms with Gasteiger partial charge in [0.15, 0.2) is 0 Å². The van der Waals surface area contributed by atoms with Crippen LogP contribution in [0.2, 0.25) is 0 Å². The molecule has 1 heterocycles. The van der Waals surface area contributed by atoms with Crippen molar-refractivity contribution in [2.45, 2.75) is 37.2 Å². The predicted octanol–water partition coefficient (Wildman–Crippen LogP) is 3.87. The lowest BCUT2D eigenvalue weighted by atomic mass is 10.0. The number of thioether (sulfide) groups is 1. The molecule has 0 spiro atoms. The van der Waals surface area contributed by atoms with Crippen molar-refractivity contribution in [1.82, 2.24) is 10.2 Å². The standard InChI is InChI=1S/C21H26N2OS/c1-17-6-5-7-18(14-17)15-23-12-10-19(11-13-23)22-21(24)16-25-20-8-3-2-4-9-20/h2-9,14,19H,10-13,15-16H2,1H3,(H,22,24). The molecular weight excluding hydrogens is 328 g/mol. The molecule has 1 aliphatic rings. The molecule has 1 fully saturated rings. The zero-order valence-electron chi connectivity index (χ0n) is 14.8. The Bertz CT molecular complexity index is 681. The van der Waals surface area contributed by atoms with Gasteiger partial charge in [0.25, 0.3) is 0 Å². The first kappa shape index (κ1) is 18.0. The van der Waals surface area contributed by atoms with Gasteiger partial charge in [-0.05, 0) is 37.5 Å². The Balaban J connectivity index is 1.38. The molecule has 1 aliphatic heterocycles. The van der Waals surface area contributed by atoms with E-state index in [9.17, 15) is 4.79 Å². The zero-order chi connectivity index (χ0) is 17.5. The first-order valence-electron chi connectivity index (χ1n) is 8.94. The van der Waals surface area contributed by atoms with Crippen molar-refractivity contribution >= 4 is 17.7 Å². The molecule has 0 bridgehead atoms. The molecule has 1 saturated heterocycles. The van der Waals surface area contributed by atoms with Crippen molar-refractivity contribution in [2.24, 2.45) is 0 Å². The van der Waals surface area contributed by atoms with Crippen molar-refractivity contribution in [3.8, 4) is 0 Å². The minimum absolute atomic E-state index is 0.144. The smallest absolute Gasteiger partial charge is 0.230 e. The van der Waals surface area contributed by atoms with Crippen LogP contribution in [0.25, 0.3) is 0 Å². The highest BCUT2D eigenvalue weighted by molar-refractivity contribution is 8.00. The van der Waals surface area contributed by atoms with Gasteiger partial charge in [0.1, 0.15) is 0 Å². The highest BCUT2D eigenvalue weighted by atomic mass is 32.2. The molecule has 1 amide bonds. The maximum atomic E-state index is 12.1. The largest absolute Gasteiger partial charge is 0.353 e. The van der Waals surface area contributed by atoms with E-state index in [1.807, 2.05) is 30.3 Å². The van der Waals surface area contributed by atoms with E-state index < -0.39 is 0 Å². The van der Waals surface area contributed by atoms with Gasteiger partial charge < -0.3 is 5.32 Å². The normalized spacial score (nSPS) is 15.9. The van der Waals surface area contributed by atoms with Crippen LogP contribution in [-0.4, -0.2) is 35.7 Å². The molecule has 0 radical (unpaired) electrons. The topological polar surface area (TPSA) is 32.3 Å². The molecule has 4 heteroatoms. The van der Waals surface area contributed by atoms with Crippen LogP contribution in [0, 0.1) is 6.92 Å². The van der Waals surface area contributed by atoms with E-state index in [0.717, 1.165) is 37.4 Å². The Labute approximate surface area is 154 Å². The third kappa shape index (κ3) is 5.91. The summed E-state index contributed by atoms with van der Waals surface area (Å²) in [6.45, 7) is 5.24. The van der Waals surface area contributed by atoms with E-state index in [0.29, 0.717) is 11.8 Å². The Hall–Kier alpha value is -1.78. The van der Waals surface area contributed by atoms with E-state index in [1.54, 1.807) is 11.8 Å². The number of hydrogen-bond donors (Lipinski definition) is 1. The van der Waals surface area contributed by atoms with Gasteiger partial charge in [0, 0.05) is 30.6 Å². The maximum absolute atomic E-state index is 12.1. The maximum Gasteiger partial charge on any atom is 0.230 e. The van der Waals surface area contributed by atoms with Crippen LogP contribution in [-0.2, 0) is 11.3 Å². The van der Waals surface area contributed by atoms with E-state index in [4.69, 9.17) is 0 Å². The highest BCUT2D eigenvalue weighted by Gasteiger charge is 2.20. The summed E-state index contributed by atoms with van der Waals surface area (Å²) in [7, 11) is 0. The third-order valence-corrected chi connectivity index (χ3v) is 5.57. The van der Waals surface area contributed by atoms with Crippen molar-refractivity contribution < 1.29 is 4.79 Å². The summed E-state index contributed by atoms with van der Waals surface area (Å²) in [4.78, 5) is 15.8. The third-order valence-electron chi connectivity index (χ3n) is 4.55. The molecule has 0 saturated carbocycles. The van der Waals surface area contributed by atoms with Crippen molar-refractivity contribution in [2.75, 3.05) is 18.8 Å². The summed E-state index contributed by atoms with van der Waals surface area (Å²) in [5.41, 5.74) is 2.69. The minimum Gasteiger partial charge on any atom is -0.353 e. The summed E-state index contributed by atoms with van der Waals surface area (Å²) < 4.78 is 0. The first-order valence-corrected chi connectivity index (χ1v) is 9.93. The van der Waals surface area contributed by atoms with Crippen molar-refractivity contribution in [1.29, 1.82) is 0 Å². The molecule has 2 aromatic rings. The van der Waals surface area contributed by atoms with Crippen LogP contribution in [0.5, 0.6) is 0 Å². The fourth-order valence-electron chi connectivity index (χ4n) is 3.24. The second-order valence-electron chi connectivity index (χ2n) is 6.71. The molecule has 132 valence electrons. The first-order chi connectivity index (χ1) is 12.2. The molecule has 3 nitrogen and oxygen atoms in total. The average molecular weight is 355 g/mol. The van der Waals surface area contributed by atoms with Gasteiger partial charge in [-0.2, -0.15) is 0 Å². The number of nitrogens with one attached hydrogen (secondary N) is 1. The number of carbonyl (C=O) groups excluding carboxylic acids is 1. The lowest BCUT2D eigenvalue weighted by Crippen LogP contribution is -2.44. The Morgan fingerprint density at radius 1 is 1.12 bits per heavy atom.